The second-order valence-corrected chi connectivity index (χ2v) is 35.5. The van der Waals surface area contributed by atoms with Crippen LogP contribution in [0.25, 0.3) is 66.8 Å². The number of carbonyl (C=O) groups is 6. The van der Waals surface area contributed by atoms with Crippen LogP contribution in [0.5, 0.6) is 0 Å². The van der Waals surface area contributed by atoms with Gasteiger partial charge in [0, 0.05) is 209 Å². The standard InChI is InChI=1S/C19H17N3O.C19H16N2O2.C19H16N2OS.2C18H16N4O.C18H15N3O2/c23-19-10-15-5-4-14(9-18(15)22-19)16-8-13(11-20-12-16)3-6-17-2-1-7-21-17;2*22-19-10-15-5-4-14(9-18(15)21-19)16-8-13(11-20-12-16)3-6-17-2-1-7-23-17;23-18-9-14-3-2-13(8-16(14)22-18)15-7-12(10-19-11-15)1-4-17-20-5-6-21-17;23-18-9-14-3-2-13(8-17(14)21-18)15-7-12(10-19-11-15)1-4-16-5-6-20-22-16;22-17-9-14-3-2-13(8-16(14)21-17)15-7-12(10-19-11-15)1-4-18-20-5-6-23-18/h2,4-5,7-9,11-12H,1,3,6,10H2,(H,22,23);2*1-2,4-5,7-9,11-12H,3,6,10H2,(H,21,22);2-3,5-8,10-11H,1,4,9H2,(H,20,21)(H,22,23);2-3,5-8,10-11H,1,4,9H2,(H,20,22)(H,21,23);2-3,5-8,10-11H,1,4,9H2,(H,21,22). The van der Waals surface area contributed by atoms with E-state index in [0.717, 1.165) is 252 Å². The Bertz CT molecular complexity index is 6520. The van der Waals surface area contributed by atoms with Crippen molar-refractivity contribution in [2.24, 2.45) is 4.99 Å². The van der Waals surface area contributed by atoms with Gasteiger partial charge < -0.3 is 45.7 Å². The van der Waals surface area contributed by atoms with Crippen LogP contribution in [0.2, 0.25) is 0 Å². The summed E-state index contributed by atoms with van der Waals surface area (Å²) in [6.45, 7) is 0. The highest BCUT2D eigenvalue weighted by molar-refractivity contribution is 7.09. The summed E-state index contributed by atoms with van der Waals surface area (Å²) in [5.74, 6) is 3.06. The normalized spacial score (nSPS) is 13.4. The van der Waals surface area contributed by atoms with Crippen molar-refractivity contribution in [2.75, 3.05) is 31.9 Å². The third-order valence-corrected chi connectivity index (χ3v) is 25.5. The topological polar surface area (TPSA) is 361 Å². The fourth-order valence-electron chi connectivity index (χ4n) is 17.4. The Kier molecular flexibility index (Phi) is 28.1. The van der Waals surface area contributed by atoms with Crippen molar-refractivity contribution in [3.05, 3.63) is 400 Å². The zero-order valence-corrected chi connectivity index (χ0v) is 76.3. The predicted molar refractivity (Wildman–Crippen MR) is 535 cm³/mol. The average Bonchev–Trinajstić information content (AvgIpc) is 1.77. The van der Waals surface area contributed by atoms with Gasteiger partial charge in [-0.3, -0.25) is 68.8 Å². The molecule has 24 rings (SSSR count). The molecule has 7 aliphatic rings. The van der Waals surface area contributed by atoms with E-state index >= 15 is 0 Å². The summed E-state index contributed by atoms with van der Waals surface area (Å²) in [5, 5.41) is 26.4. The van der Waals surface area contributed by atoms with E-state index in [1.54, 1.807) is 42.5 Å². The van der Waals surface area contributed by atoms with Gasteiger partial charge in [-0.05, 0) is 260 Å². The van der Waals surface area contributed by atoms with E-state index in [-0.39, 0.29) is 35.4 Å². The summed E-state index contributed by atoms with van der Waals surface area (Å²) in [5.41, 5.74) is 34.0. The lowest BCUT2D eigenvalue weighted by Gasteiger charge is -2.07. The van der Waals surface area contributed by atoms with Crippen LogP contribution in [0.1, 0.15) is 108 Å². The molecule has 0 fully saturated rings. The van der Waals surface area contributed by atoms with Crippen molar-refractivity contribution in [3.8, 4) is 66.8 Å². The number of rotatable bonds is 24. The number of hydrogen-bond acceptors (Lipinski definition) is 19. The molecule has 7 aliphatic heterocycles. The lowest BCUT2D eigenvalue weighted by molar-refractivity contribution is -0.115. The van der Waals surface area contributed by atoms with Gasteiger partial charge in [-0.15, -0.1) is 11.3 Å². The molecule has 6 aromatic carbocycles. The number of anilines is 6. The summed E-state index contributed by atoms with van der Waals surface area (Å²) in [6, 6.07) is 59.6. The van der Waals surface area contributed by atoms with Gasteiger partial charge in [0.2, 0.25) is 35.4 Å². The number of imidazole rings is 1. The van der Waals surface area contributed by atoms with Gasteiger partial charge in [0.15, 0.2) is 5.89 Å². The van der Waals surface area contributed by atoms with Crippen LogP contribution < -0.4 is 31.9 Å². The number of amides is 6. The number of aromatic amines is 2. The van der Waals surface area contributed by atoms with Crippen LogP contribution >= 0.6 is 11.3 Å². The van der Waals surface area contributed by atoms with Gasteiger partial charge in [-0.2, -0.15) is 5.10 Å². The molecule has 11 aromatic heterocycles. The van der Waals surface area contributed by atoms with E-state index in [1.807, 2.05) is 196 Å². The van der Waals surface area contributed by atoms with Gasteiger partial charge in [-0.25, -0.2) is 9.97 Å². The summed E-state index contributed by atoms with van der Waals surface area (Å²) < 4.78 is 10.6. The number of nitrogens with one attached hydrogen (secondary N) is 8. The number of benzene rings is 6. The van der Waals surface area contributed by atoms with Gasteiger partial charge in [0.05, 0.1) is 51.0 Å². The zero-order valence-electron chi connectivity index (χ0n) is 75.4. The fraction of sp³-hybridized carbons (Fsp3) is 0.171. The Morgan fingerprint density at radius 3 is 1.01 bits per heavy atom. The second-order valence-electron chi connectivity index (χ2n) is 34.5. The molecule has 0 radical (unpaired) electrons. The van der Waals surface area contributed by atoms with Crippen molar-refractivity contribution in [3.63, 3.8) is 0 Å². The smallest absolute Gasteiger partial charge is 0.228 e. The number of thiophene rings is 1. The summed E-state index contributed by atoms with van der Waals surface area (Å²) in [7, 11) is 0. The number of furan rings is 1. The minimum atomic E-state index is 0.0509. The largest absolute Gasteiger partial charge is 0.469 e. The molecule has 0 saturated carbocycles. The maximum absolute atomic E-state index is 11.5. The van der Waals surface area contributed by atoms with Crippen LogP contribution in [-0.2, 0) is 138 Å². The van der Waals surface area contributed by atoms with Crippen LogP contribution in [0.4, 0.5) is 34.1 Å². The molecule has 17 aromatic rings. The lowest BCUT2D eigenvalue weighted by Crippen LogP contribution is -2.03. The first-order chi connectivity index (χ1) is 67.7. The van der Waals surface area contributed by atoms with Gasteiger partial charge in [0.1, 0.15) is 17.8 Å². The molecule has 6 amide bonds. The molecule has 138 heavy (non-hydrogen) atoms. The molecule has 0 atom stereocenters. The van der Waals surface area contributed by atoms with Crippen LogP contribution in [0, 0.1) is 0 Å². The number of nitrogens with zero attached hydrogens (tertiary/aromatic N) is 10. The molecule has 26 nitrogen and oxygen atoms in total. The van der Waals surface area contributed by atoms with Crippen LogP contribution in [0.3, 0.4) is 0 Å². The predicted octanol–water partition coefficient (Wildman–Crippen LogP) is 19.8. The average molecular weight is 1840 g/mol. The SMILES string of the molecule is O=C1Cc2ccc(-c3cncc(CCC4=CCC=N4)c3)cc2N1.O=C1Cc2ccc(-c3cncc(CCc4ccco4)c3)cc2N1.O=C1Cc2ccc(-c3cncc(CCc4cccs4)c3)cc2N1.O=C1Cc2ccc(-c3cncc(CCc4ccn[nH]4)c3)cc2N1.O=C1Cc2ccc(-c3cncc(CCc4ncc[nH]4)c3)cc2N1.O=C1Cc2ccc(-c3cncc(CCc4ncco4)c3)cc2N1. The molecule has 684 valence electrons. The number of hydrogen-bond donors (Lipinski definition) is 8. The molecule has 0 spiro atoms. The number of carbonyl (C=O) groups excluding carboxylic acids is 6. The number of aromatic nitrogens is 11. The minimum absolute atomic E-state index is 0.0509. The molecule has 0 unspecified atom stereocenters. The van der Waals surface area contributed by atoms with Gasteiger partial charge >= 0.3 is 0 Å². The Morgan fingerprint density at radius 2 is 0.688 bits per heavy atom. The highest BCUT2D eigenvalue weighted by atomic mass is 32.1. The fourth-order valence-corrected chi connectivity index (χ4v) is 18.1. The van der Waals surface area contributed by atoms with E-state index in [1.165, 1.54) is 32.7 Å². The third-order valence-electron chi connectivity index (χ3n) is 24.6. The highest BCUT2D eigenvalue weighted by Crippen LogP contribution is 2.38. The van der Waals surface area contributed by atoms with Crippen LogP contribution in [0.15, 0.2) is 319 Å². The molecular weight excluding hydrogens is 1750 g/mol. The van der Waals surface area contributed by atoms with Gasteiger partial charge in [0.25, 0.3) is 0 Å². The number of H-pyrrole nitrogens is 2. The Hall–Kier alpha value is -16.9. The zero-order chi connectivity index (χ0) is 93.9. The molecule has 0 bridgehead atoms. The lowest BCUT2D eigenvalue weighted by atomic mass is 10.0. The Labute approximate surface area is 800 Å². The first-order valence-corrected chi connectivity index (χ1v) is 46.9. The number of fused-ring (bicyclic) bond motifs is 6. The monoisotopic (exact) mass is 1840 g/mol. The first-order valence-electron chi connectivity index (χ1n) is 46.0. The number of allylic oxidation sites excluding steroid dienone is 2. The van der Waals surface area contributed by atoms with E-state index in [4.69, 9.17) is 8.83 Å². The molecule has 18 heterocycles. The van der Waals surface area contributed by atoms with Crippen molar-refractivity contribution in [1.29, 1.82) is 0 Å². The number of aryl methyl sites for hydroxylation is 11. The first kappa shape index (κ1) is 90.2. The van der Waals surface area contributed by atoms with Crippen molar-refractivity contribution in [2.45, 2.75) is 122 Å². The molecule has 27 heteroatoms. The summed E-state index contributed by atoms with van der Waals surface area (Å²) in [4.78, 5) is 112. The number of aliphatic imine (C=N–C) groups is 1. The summed E-state index contributed by atoms with van der Waals surface area (Å²) >= 11 is 1.80. The molecular formula is C111H96N18O8S. The van der Waals surface area contributed by atoms with Crippen molar-refractivity contribution in [1.82, 2.24) is 55.1 Å². The minimum Gasteiger partial charge on any atom is -0.469 e. The summed E-state index contributed by atoms with van der Waals surface area (Å²) in [6.07, 6.45) is 51.6. The Balaban J connectivity index is 0.000000106. The Morgan fingerprint density at radius 1 is 0.312 bits per heavy atom. The van der Waals surface area contributed by atoms with E-state index in [9.17, 15) is 28.8 Å². The number of pyridine rings is 6. The van der Waals surface area contributed by atoms with Crippen LogP contribution in [-0.4, -0.2) is 96.7 Å². The van der Waals surface area contributed by atoms with Gasteiger partial charge in [-0.1, -0.05) is 84.9 Å². The van der Waals surface area contributed by atoms with E-state index < -0.39 is 0 Å². The second kappa shape index (κ2) is 42.9. The maximum atomic E-state index is 11.5. The van der Waals surface area contributed by atoms with E-state index in [0.29, 0.717) is 38.5 Å². The molecule has 0 saturated heterocycles. The number of oxazole rings is 1. The quantitative estimate of drug-likeness (QED) is 0.0278. The highest BCUT2D eigenvalue weighted by Gasteiger charge is 2.25. The van der Waals surface area contributed by atoms with E-state index in [2.05, 4.69) is 170 Å². The van der Waals surface area contributed by atoms with Crippen molar-refractivity contribution < 1.29 is 37.6 Å². The maximum Gasteiger partial charge on any atom is 0.228 e. The van der Waals surface area contributed by atoms with Crippen molar-refractivity contribution >= 4 is 87.1 Å². The molecule has 8 N–H and O–H groups in total. The third kappa shape index (κ3) is 23.6. The molecule has 0 aliphatic carbocycles.